The molecule has 2 aromatic carbocycles. The van der Waals surface area contributed by atoms with Gasteiger partial charge in [-0.05, 0) is 65.4 Å². The lowest BCUT2D eigenvalue weighted by Crippen LogP contribution is -2.29. The molecule has 0 spiro atoms. The zero-order chi connectivity index (χ0) is 23.7. The minimum Gasteiger partial charge on any atom is -0.507 e. The van der Waals surface area contributed by atoms with Crippen LogP contribution >= 0.6 is 11.3 Å². The lowest BCUT2D eigenvalue weighted by Gasteiger charge is -2.24. The molecule has 6 nitrogen and oxygen atoms in total. The summed E-state index contributed by atoms with van der Waals surface area (Å²) in [7, 11) is 3.16. The van der Waals surface area contributed by atoms with Crippen molar-refractivity contribution in [3.8, 4) is 11.5 Å². The smallest absolute Gasteiger partial charge is 0.300 e. The number of rotatable bonds is 6. The first-order chi connectivity index (χ1) is 15.9. The van der Waals surface area contributed by atoms with Crippen molar-refractivity contribution in [3.63, 3.8) is 0 Å². The van der Waals surface area contributed by atoms with Crippen LogP contribution in [0.15, 0.2) is 65.6 Å². The van der Waals surface area contributed by atoms with Gasteiger partial charge in [-0.3, -0.25) is 14.5 Å². The Morgan fingerprint density at radius 1 is 1.03 bits per heavy atom. The van der Waals surface area contributed by atoms with Gasteiger partial charge in [0, 0.05) is 16.1 Å². The summed E-state index contributed by atoms with van der Waals surface area (Å²) in [6, 6.07) is 15.2. The maximum atomic E-state index is 13.2. The Labute approximate surface area is 196 Å². The van der Waals surface area contributed by atoms with Gasteiger partial charge >= 0.3 is 0 Å². The van der Waals surface area contributed by atoms with E-state index in [4.69, 9.17) is 9.47 Å². The van der Waals surface area contributed by atoms with Crippen molar-refractivity contribution in [2.45, 2.75) is 25.8 Å². The summed E-state index contributed by atoms with van der Waals surface area (Å²) in [5.74, 6) is -0.117. The zero-order valence-corrected chi connectivity index (χ0v) is 19.7. The highest BCUT2D eigenvalue weighted by molar-refractivity contribution is 7.10. The first-order valence-electron chi connectivity index (χ1n) is 10.5. The Balaban J connectivity index is 1.89. The number of benzene rings is 2. The van der Waals surface area contributed by atoms with Crippen molar-refractivity contribution >= 4 is 34.5 Å². The normalized spacial score (nSPS) is 17.6. The van der Waals surface area contributed by atoms with E-state index in [2.05, 4.69) is 0 Å². The van der Waals surface area contributed by atoms with Gasteiger partial charge in [-0.25, -0.2) is 0 Å². The summed E-state index contributed by atoms with van der Waals surface area (Å²) in [6.45, 7) is 4.05. The second kappa shape index (κ2) is 9.11. The monoisotopic (exact) mass is 463 g/mol. The van der Waals surface area contributed by atoms with E-state index in [0.29, 0.717) is 22.7 Å². The van der Waals surface area contributed by atoms with Gasteiger partial charge in [-0.2, -0.15) is 0 Å². The van der Waals surface area contributed by atoms with Crippen LogP contribution in [-0.4, -0.2) is 31.0 Å². The predicted octanol–water partition coefficient (Wildman–Crippen LogP) is 5.52. The summed E-state index contributed by atoms with van der Waals surface area (Å²) in [5.41, 5.74) is 1.98. The Bertz CT molecular complexity index is 1210. The van der Waals surface area contributed by atoms with Crippen molar-refractivity contribution in [3.05, 3.63) is 81.6 Å². The van der Waals surface area contributed by atoms with Crippen LogP contribution in [0.3, 0.4) is 0 Å². The Morgan fingerprint density at radius 3 is 2.33 bits per heavy atom. The SMILES string of the molecule is COc1ccc(N2C(=O)C(=O)/C(=C(\O)c3ccc(OC)c(C(C)C)c3)C2c2cccs2)cc1. The van der Waals surface area contributed by atoms with Crippen molar-refractivity contribution in [2.24, 2.45) is 0 Å². The molecule has 1 N–H and O–H groups in total. The third-order valence-electron chi connectivity index (χ3n) is 5.73. The molecule has 4 rings (SSSR count). The molecule has 33 heavy (non-hydrogen) atoms. The van der Waals surface area contributed by atoms with E-state index in [1.807, 2.05) is 37.4 Å². The standard InChI is InChI=1S/C26H25NO5S/c1-15(2)19-14-16(7-12-20(19)32-4)24(28)22-23(21-6-5-13-33-21)27(26(30)25(22)29)17-8-10-18(31-3)11-9-17/h5-15,23,28H,1-4H3/b24-22-. The van der Waals surface area contributed by atoms with Crippen molar-refractivity contribution < 1.29 is 24.2 Å². The third-order valence-corrected chi connectivity index (χ3v) is 6.66. The first kappa shape index (κ1) is 22.6. The highest BCUT2D eigenvalue weighted by Crippen LogP contribution is 2.44. The molecular formula is C26H25NO5S. The van der Waals surface area contributed by atoms with E-state index < -0.39 is 17.7 Å². The van der Waals surface area contributed by atoms with Gasteiger partial charge in [0.1, 0.15) is 23.3 Å². The quantitative estimate of drug-likeness (QED) is 0.296. The number of hydrogen-bond donors (Lipinski definition) is 1. The minimum absolute atomic E-state index is 0.0677. The van der Waals surface area contributed by atoms with Crippen LogP contribution in [0.25, 0.3) is 5.76 Å². The van der Waals surface area contributed by atoms with E-state index >= 15 is 0 Å². The van der Waals surface area contributed by atoms with Crippen LogP contribution in [-0.2, 0) is 9.59 Å². The number of Topliss-reactive ketones (excluding diaryl/α,β-unsaturated/α-hetero) is 1. The van der Waals surface area contributed by atoms with Gasteiger partial charge in [0.25, 0.3) is 11.7 Å². The molecule has 0 bridgehead atoms. The van der Waals surface area contributed by atoms with E-state index in [0.717, 1.165) is 10.4 Å². The molecule has 0 radical (unpaired) electrons. The molecule has 3 aromatic rings. The van der Waals surface area contributed by atoms with Crippen molar-refractivity contribution in [2.75, 3.05) is 19.1 Å². The van der Waals surface area contributed by atoms with E-state index in [1.165, 1.54) is 16.2 Å². The minimum atomic E-state index is -0.733. The predicted molar refractivity (Wildman–Crippen MR) is 129 cm³/mol. The van der Waals surface area contributed by atoms with Crippen molar-refractivity contribution in [1.82, 2.24) is 0 Å². The number of carbonyl (C=O) groups excluding carboxylic acids is 2. The highest BCUT2D eigenvalue weighted by Gasteiger charge is 2.47. The number of hydrogen-bond acceptors (Lipinski definition) is 6. The molecule has 1 aromatic heterocycles. The van der Waals surface area contributed by atoms with Crippen LogP contribution in [0.1, 0.15) is 41.8 Å². The third kappa shape index (κ3) is 4.00. The lowest BCUT2D eigenvalue weighted by atomic mass is 9.95. The Morgan fingerprint density at radius 2 is 1.76 bits per heavy atom. The Hall–Kier alpha value is -3.58. The number of aliphatic hydroxyl groups excluding tert-OH is 1. The summed E-state index contributed by atoms with van der Waals surface area (Å²) >= 11 is 1.42. The van der Waals surface area contributed by atoms with Gasteiger partial charge in [-0.15, -0.1) is 11.3 Å². The molecule has 1 saturated heterocycles. The average molecular weight is 464 g/mol. The topological polar surface area (TPSA) is 76.1 Å². The van der Waals surface area contributed by atoms with Crippen LogP contribution in [0.4, 0.5) is 5.69 Å². The highest BCUT2D eigenvalue weighted by atomic mass is 32.1. The largest absolute Gasteiger partial charge is 0.507 e. The Kier molecular flexibility index (Phi) is 6.24. The van der Waals surface area contributed by atoms with Crippen LogP contribution in [0, 0.1) is 0 Å². The molecule has 7 heteroatoms. The number of ether oxygens (including phenoxy) is 2. The first-order valence-corrected chi connectivity index (χ1v) is 11.4. The van der Waals surface area contributed by atoms with E-state index in [9.17, 15) is 14.7 Å². The van der Waals surface area contributed by atoms with Crippen LogP contribution in [0.5, 0.6) is 11.5 Å². The second-order valence-electron chi connectivity index (χ2n) is 7.99. The van der Waals surface area contributed by atoms with Gasteiger partial charge < -0.3 is 14.6 Å². The number of nitrogens with zero attached hydrogens (tertiary/aromatic N) is 1. The van der Waals surface area contributed by atoms with Gasteiger partial charge in [-0.1, -0.05) is 19.9 Å². The molecule has 0 aliphatic carbocycles. The number of methoxy groups -OCH3 is 2. The summed E-state index contributed by atoms with van der Waals surface area (Å²) in [4.78, 5) is 28.6. The zero-order valence-electron chi connectivity index (χ0n) is 18.9. The molecule has 1 aliphatic rings. The maximum Gasteiger partial charge on any atom is 0.300 e. The lowest BCUT2D eigenvalue weighted by molar-refractivity contribution is -0.132. The second-order valence-corrected chi connectivity index (χ2v) is 8.97. The fraction of sp³-hybridized carbons (Fsp3) is 0.231. The molecule has 1 unspecified atom stereocenters. The molecule has 0 saturated carbocycles. The van der Waals surface area contributed by atoms with Crippen LogP contribution < -0.4 is 14.4 Å². The van der Waals surface area contributed by atoms with E-state index in [-0.39, 0.29) is 17.3 Å². The number of thiophene rings is 1. The van der Waals surface area contributed by atoms with Gasteiger partial charge in [0.05, 0.1) is 19.8 Å². The molecular weight excluding hydrogens is 438 g/mol. The fourth-order valence-electron chi connectivity index (χ4n) is 4.05. The maximum absolute atomic E-state index is 13.2. The molecule has 170 valence electrons. The molecule has 1 amide bonds. The number of amides is 1. The molecule has 1 atom stereocenters. The van der Waals surface area contributed by atoms with Gasteiger partial charge in [0.15, 0.2) is 0 Å². The van der Waals surface area contributed by atoms with Crippen molar-refractivity contribution in [1.29, 1.82) is 0 Å². The average Bonchev–Trinajstić information content (AvgIpc) is 3.45. The number of aliphatic hydroxyl groups is 1. The van der Waals surface area contributed by atoms with Crippen LogP contribution in [0.2, 0.25) is 0 Å². The number of ketones is 1. The molecule has 1 aliphatic heterocycles. The fourth-order valence-corrected chi connectivity index (χ4v) is 4.87. The summed E-state index contributed by atoms with van der Waals surface area (Å²) in [6.07, 6.45) is 0. The summed E-state index contributed by atoms with van der Waals surface area (Å²) in [5, 5.41) is 13.2. The molecule has 2 heterocycles. The summed E-state index contributed by atoms with van der Waals surface area (Å²) < 4.78 is 10.7. The number of carbonyl (C=O) groups is 2. The van der Waals surface area contributed by atoms with Gasteiger partial charge in [0.2, 0.25) is 0 Å². The van der Waals surface area contributed by atoms with E-state index in [1.54, 1.807) is 50.6 Å². The number of anilines is 1. The molecule has 1 fully saturated rings.